The summed E-state index contributed by atoms with van der Waals surface area (Å²) in [5, 5.41) is 3.42. The molecule has 1 N–H and O–H groups in total. The molecular formula is C14H29N3O2. The van der Waals surface area contributed by atoms with Crippen molar-refractivity contribution in [3.05, 3.63) is 0 Å². The Morgan fingerprint density at radius 2 is 1.95 bits per heavy atom. The highest BCUT2D eigenvalue weighted by molar-refractivity contribution is 5.80. The van der Waals surface area contributed by atoms with Gasteiger partial charge in [0.05, 0.1) is 7.11 Å². The summed E-state index contributed by atoms with van der Waals surface area (Å²) in [5.74, 6) is -0.168. The van der Waals surface area contributed by atoms with Crippen LogP contribution in [0.1, 0.15) is 26.2 Å². The zero-order valence-electron chi connectivity index (χ0n) is 13.0. The third-order valence-corrected chi connectivity index (χ3v) is 3.47. The fourth-order valence-electron chi connectivity index (χ4n) is 2.35. The van der Waals surface area contributed by atoms with Gasteiger partial charge in [0.25, 0.3) is 0 Å². The topological polar surface area (TPSA) is 44.8 Å². The monoisotopic (exact) mass is 271 g/mol. The van der Waals surface area contributed by atoms with Gasteiger partial charge in [0, 0.05) is 12.6 Å². The van der Waals surface area contributed by atoms with Crippen LogP contribution in [0.15, 0.2) is 0 Å². The largest absolute Gasteiger partial charge is 0.468 e. The number of hydrogen-bond acceptors (Lipinski definition) is 5. The summed E-state index contributed by atoms with van der Waals surface area (Å²) in [6.07, 6.45) is 3.43. The lowest BCUT2D eigenvalue weighted by Gasteiger charge is -2.32. The molecule has 112 valence electrons. The summed E-state index contributed by atoms with van der Waals surface area (Å²) in [5.41, 5.74) is -0.594. The van der Waals surface area contributed by atoms with Crippen LogP contribution >= 0.6 is 0 Å². The van der Waals surface area contributed by atoms with Crippen molar-refractivity contribution >= 4 is 5.97 Å². The van der Waals surface area contributed by atoms with Crippen molar-refractivity contribution < 1.29 is 9.53 Å². The van der Waals surface area contributed by atoms with E-state index in [1.807, 2.05) is 6.92 Å². The molecular weight excluding hydrogens is 242 g/mol. The molecule has 1 aliphatic carbocycles. The molecule has 5 nitrogen and oxygen atoms in total. The minimum atomic E-state index is -0.594. The van der Waals surface area contributed by atoms with Crippen LogP contribution in [0.25, 0.3) is 0 Å². The fraction of sp³-hybridized carbons (Fsp3) is 0.929. The van der Waals surface area contributed by atoms with Crippen LogP contribution in [0, 0.1) is 0 Å². The molecule has 0 saturated heterocycles. The van der Waals surface area contributed by atoms with Gasteiger partial charge in [0.1, 0.15) is 5.54 Å². The lowest BCUT2D eigenvalue weighted by molar-refractivity contribution is -0.148. The lowest BCUT2D eigenvalue weighted by atomic mass is 10.0. The zero-order chi connectivity index (χ0) is 14.5. The molecule has 0 heterocycles. The predicted octanol–water partition coefficient (Wildman–Crippen LogP) is 0.554. The highest BCUT2D eigenvalue weighted by Crippen LogP contribution is 2.23. The summed E-state index contributed by atoms with van der Waals surface area (Å²) in [6, 6.07) is 0.485. The quantitative estimate of drug-likeness (QED) is 0.621. The highest BCUT2D eigenvalue weighted by Gasteiger charge is 2.40. The molecule has 1 atom stereocenters. The van der Waals surface area contributed by atoms with Gasteiger partial charge in [-0.2, -0.15) is 0 Å². The Bertz CT molecular complexity index is 292. The number of esters is 1. The third kappa shape index (κ3) is 5.89. The normalized spacial score (nSPS) is 18.7. The minimum Gasteiger partial charge on any atom is -0.468 e. The van der Waals surface area contributed by atoms with Crippen LogP contribution in [0.5, 0.6) is 0 Å². The van der Waals surface area contributed by atoms with Crippen LogP contribution in [-0.2, 0) is 9.53 Å². The van der Waals surface area contributed by atoms with Gasteiger partial charge in [0.2, 0.25) is 0 Å². The van der Waals surface area contributed by atoms with E-state index in [-0.39, 0.29) is 5.97 Å². The second-order valence-electron chi connectivity index (χ2n) is 6.14. The Labute approximate surface area is 117 Å². The van der Waals surface area contributed by atoms with Crippen molar-refractivity contribution in [3.8, 4) is 0 Å². The van der Waals surface area contributed by atoms with E-state index < -0.39 is 5.54 Å². The standard InChI is InChI=1S/C14H29N3O2/c1-14(13(18)19-5,15-12-7-8-12)11-17(4)10-6-9-16(2)3/h12,15H,6-11H2,1-5H3. The zero-order valence-corrected chi connectivity index (χ0v) is 13.0. The predicted molar refractivity (Wildman–Crippen MR) is 77.2 cm³/mol. The van der Waals surface area contributed by atoms with Crippen molar-refractivity contribution in [1.82, 2.24) is 15.1 Å². The summed E-state index contributed by atoms with van der Waals surface area (Å²) in [4.78, 5) is 16.4. The second-order valence-corrected chi connectivity index (χ2v) is 6.14. The molecule has 0 aromatic heterocycles. The number of hydrogen-bond donors (Lipinski definition) is 1. The minimum absolute atomic E-state index is 0.168. The van der Waals surface area contributed by atoms with E-state index in [1.165, 1.54) is 7.11 Å². The Morgan fingerprint density at radius 3 is 2.42 bits per heavy atom. The van der Waals surface area contributed by atoms with E-state index >= 15 is 0 Å². The van der Waals surface area contributed by atoms with Gasteiger partial charge in [-0.05, 0) is 60.4 Å². The van der Waals surface area contributed by atoms with Gasteiger partial charge < -0.3 is 14.5 Å². The molecule has 0 aliphatic heterocycles. The van der Waals surface area contributed by atoms with E-state index in [2.05, 4.69) is 36.3 Å². The van der Waals surface area contributed by atoms with Gasteiger partial charge in [-0.15, -0.1) is 0 Å². The maximum absolute atomic E-state index is 12.0. The maximum atomic E-state index is 12.0. The van der Waals surface area contributed by atoms with Crippen molar-refractivity contribution in [3.63, 3.8) is 0 Å². The van der Waals surface area contributed by atoms with Crippen LogP contribution < -0.4 is 5.32 Å². The molecule has 19 heavy (non-hydrogen) atoms. The second kappa shape index (κ2) is 7.22. The average molecular weight is 271 g/mol. The number of carbonyl (C=O) groups excluding carboxylic acids is 1. The summed E-state index contributed by atoms with van der Waals surface area (Å²) in [6.45, 7) is 4.68. The summed E-state index contributed by atoms with van der Waals surface area (Å²) >= 11 is 0. The van der Waals surface area contributed by atoms with Crippen molar-refractivity contribution in [2.75, 3.05) is 47.9 Å². The van der Waals surface area contributed by atoms with Gasteiger partial charge in [0.15, 0.2) is 0 Å². The molecule has 0 amide bonds. The number of methoxy groups -OCH3 is 1. The van der Waals surface area contributed by atoms with Crippen molar-refractivity contribution in [2.24, 2.45) is 0 Å². The van der Waals surface area contributed by atoms with Gasteiger partial charge in [-0.3, -0.25) is 10.1 Å². The van der Waals surface area contributed by atoms with Gasteiger partial charge >= 0.3 is 5.97 Å². The molecule has 0 aromatic rings. The molecule has 1 fully saturated rings. The number of rotatable bonds is 9. The van der Waals surface area contributed by atoms with Crippen molar-refractivity contribution in [2.45, 2.75) is 37.8 Å². The lowest BCUT2D eigenvalue weighted by Crippen LogP contribution is -2.57. The number of likely N-dealkylation sites (N-methyl/N-ethyl adjacent to an activating group) is 1. The van der Waals surface area contributed by atoms with Crippen LogP contribution in [0.4, 0.5) is 0 Å². The molecule has 1 aliphatic rings. The first-order valence-corrected chi connectivity index (χ1v) is 7.07. The first kappa shape index (κ1) is 16.4. The average Bonchev–Trinajstić information content (AvgIpc) is 3.10. The van der Waals surface area contributed by atoms with Crippen molar-refractivity contribution in [1.29, 1.82) is 0 Å². The Morgan fingerprint density at radius 1 is 1.32 bits per heavy atom. The fourth-order valence-corrected chi connectivity index (χ4v) is 2.35. The van der Waals surface area contributed by atoms with E-state index in [4.69, 9.17) is 4.74 Å². The molecule has 0 radical (unpaired) electrons. The van der Waals surface area contributed by atoms with E-state index in [0.717, 1.165) is 32.4 Å². The Balaban J connectivity index is 2.44. The van der Waals surface area contributed by atoms with Crippen LogP contribution in [0.2, 0.25) is 0 Å². The molecule has 1 unspecified atom stereocenters. The molecule has 0 spiro atoms. The first-order chi connectivity index (χ1) is 8.87. The molecule has 0 bridgehead atoms. The summed E-state index contributed by atoms with van der Waals surface area (Å²) < 4.78 is 4.95. The van der Waals surface area contributed by atoms with E-state index in [1.54, 1.807) is 0 Å². The number of nitrogens with one attached hydrogen (secondary N) is 1. The van der Waals surface area contributed by atoms with Crippen LogP contribution in [-0.4, -0.2) is 75.2 Å². The van der Waals surface area contributed by atoms with E-state index in [9.17, 15) is 4.79 Å². The van der Waals surface area contributed by atoms with Crippen LogP contribution in [0.3, 0.4) is 0 Å². The molecule has 1 rings (SSSR count). The molecule has 1 saturated carbocycles. The smallest absolute Gasteiger partial charge is 0.327 e. The number of nitrogens with zero attached hydrogens (tertiary/aromatic N) is 2. The molecule has 0 aromatic carbocycles. The SMILES string of the molecule is COC(=O)C(C)(CN(C)CCCN(C)C)NC1CC1. The highest BCUT2D eigenvalue weighted by atomic mass is 16.5. The Hall–Kier alpha value is -0.650. The number of ether oxygens (including phenoxy) is 1. The van der Waals surface area contributed by atoms with E-state index in [0.29, 0.717) is 12.6 Å². The maximum Gasteiger partial charge on any atom is 0.327 e. The summed E-state index contributed by atoms with van der Waals surface area (Å²) in [7, 11) is 7.67. The van der Waals surface area contributed by atoms with Gasteiger partial charge in [-0.1, -0.05) is 0 Å². The van der Waals surface area contributed by atoms with Gasteiger partial charge in [-0.25, -0.2) is 0 Å². The first-order valence-electron chi connectivity index (χ1n) is 7.07. The number of carbonyl (C=O) groups is 1. The third-order valence-electron chi connectivity index (χ3n) is 3.47. The molecule has 5 heteroatoms. The Kier molecular flexibility index (Phi) is 6.23.